The summed E-state index contributed by atoms with van der Waals surface area (Å²) >= 11 is 0. The summed E-state index contributed by atoms with van der Waals surface area (Å²) in [5, 5.41) is 14.3. The summed E-state index contributed by atoms with van der Waals surface area (Å²) in [7, 11) is 1.65. The minimum Gasteiger partial charge on any atom is -0.497 e. The number of amides is 1. The van der Waals surface area contributed by atoms with Crippen LogP contribution in [-0.2, 0) is 0 Å². The lowest BCUT2D eigenvalue weighted by atomic mass is 10.0. The second-order valence-electron chi connectivity index (χ2n) is 6.37. The van der Waals surface area contributed by atoms with Crippen molar-refractivity contribution in [3.8, 4) is 11.4 Å². The zero-order valence-corrected chi connectivity index (χ0v) is 14.4. The average Bonchev–Trinajstić information content (AvgIpc) is 3.38. The normalized spacial score (nSPS) is 14.7. The number of tetrazole rings is 1. The summed E-state index contributed by atoms with van der Waals surface area (Å²) in [4.78, 5) is 12.8. The molecule has 3 aromatic rings. The van der Waals surface area contributed by atoms with Crippen molar-refractivity contribution < 1.29 is 9.53 Å². The number of hydrogen-bond acceptors (Lipinski definition) is 5. The molecule has 1 amide bonds. The number of aromatic nitrogens is 4. The molecule has 0 aliphatic heterocycles. The molecule has 7 nitrogen and oxygen atoms in total. The van der Waals surface area contributed by atoms with Crippen molar-refractivity contribution >= 4 is 5.91 Å². The summed E-state index contributed by atoms with van der Waals surface area (Å²) in [5.74, 6) is 1.19. The topological polar surface area (TPSA) is 81.9 Å². The number of ether oxygens (including phenoxy) is 1. The van der Waals surface area contributed by atoms with Crippen molar-refractivity contribution in [1.29, 1.82) is 0 Å². The summed E-state index contributed by atoms with van der Waals surface area (Å²) in [6.45, 7) is 0. The van der Waals surface area contributed by atoms with Gasteiger partial charge >= 0.3 is 0 Å². The maximum atomic E-state index is 12.8. The van der Waals surface area contributed by atoms with Gasteiger partial charge in [0.15, 0.2) is 0 Å². The summed E-state index contributed by atoms with van der Waals surface area (Å²) in [5.41, 5.74) is 2.42. The molecule has 1 saturated carbocycles. The number of nitrogens with zero attached hydrogens (tertiary/aromatic N) is 4. The Hall–Kier alpha value is -3.22. The number of benzene rings is 2. The first-order valence-corrected chi connectivity index (χ1v) is 8.53. The summed E-state index contributed by atoms with van der Waals surface area (Å²) in [6, 6.07) is 15.1. The Morgan fingerprint density at radius 1 is 1.23 bits per heavy atom. The zero-order chi connectivity index (χ0) is 17.9. The van der Waals surface area contributed by atoms with Crippen LogP contribution in [0.1, 0.15) is 34.8 Å². The Morgan fingerprint density at radius 2 is 2.04 bits per heavy atom. The molecule has 0 bridgehead atoms. The molecule has 0 saturated heterocycles. The first kappa shape index (κ1) is 16.3. The number of nitrogens with one attached hydrogen (secondary N) is 1. The van der Waals surface area contributed by atoms with Crippen LogP contribution in [0.4, 0.5) is 0 Å². The van der Waals surface area contributed by atoms with Crippen LogP contribution >= 0.6 is 0 Å². The van der Waals surface area contributed by atoms with E-state index >= 15 is 0 Å². The Morgan fingerprint density at radius 3 is 2.69 bits per heavy atom. The number of carbonyl (C=O) groups excluding carboxylic acids is 1. The van der Waals surface area contributed by atoms with E-state index in [1.165, 1.54) is 11.0 Å². The van der Waals surface area contributed by atoms with E-state index in [4.69, 9.17) is 4.74 Å². The SMILES string of the molecule is COc1ccc(C(NC(=O)c2cccc(-n3cnnn3)c2)C2CC2)cc1. The van der Waals surface area contributed by atoms with E-state index < -0.39 is 0 Å². The molecule has 7 heteroatoms. The van der Waals surface area contributed by atoms with Crippen LogP contribution in [0.15, 0.2) is 54.9 Å². The van der Waals surface area contributed by atoms with E-state index in [9.17, 15) is 4.79 Å². The van der Waals surface area contributed by atoms with Gasteiger partial charge in [0, 0.05) is 5.56 Å². The second kappa shape index (κ2) is 6.95. The molecule has 1 fully saturated rings. The molecule has 132 valence electrons. The van der Waals surface area contributed by atoms with E-state index in [-0.39, 0.29) is 11.9 Å². The minimum absolute atomic E-state index is 0.00472. The van der Waals surface area contributed by atoms with Crippen LogP contribution in [0.5, 0.6) is 5.75 Å². The molecule has 4 rings (SSSR count). The molecule has 1 aliphatic rings. The molecular formula is C19H19N5O2. The predicted octanol–water partition coefficient (Wildman–Crippen LogP) is 2.55. The maximum Gasteiger partial charge on any atom is 0.251 e. The van der Waals surface area contributed by atoms with Crippen molar-refractivity contribution in [2.75, 3.05) is 7.11 Å². The van der Waals surface area contributed by atoms with E-state index in [2.05, 4.69) is 20.8 Å². The van der Waals surface area contributed by atoms with E-state index in [0.29, 0.717) is 11.5 Å². The monoisotopic (exact) mass is 349 g/mol. The first-order valence-electron chi connectivity index (χ1n) is 8.53. The van der Waals surface area contributed by atoms with Gasteiger partial charge in [-0.15, -0.1) is 5.10 Å². The van der Waals surface area contributed by atoms with Gasteiger partial charge in [0.05, 0.1) is 18.8 Å². The van der Waals surface area contributed by atoms with E-state index in [1.54, 1.807) is 19.2 Å². The lowest BCUT2D eigenvalue weighted by Crippen LogP contribution is -2.30. The van der Waals surface area contributed by atoms with Crippen LogP contribution in [0.25, 0.3) is 5.69 Å². The van der Waals surface area contributed by atoms with E-state index in [0.717, 1.165) is 29.8 Å². The summed E-state index contributed by atoms with van der Waals surface area (Å²) < 4.78 is 6.74. The van der Waals surface area contributed by atoms with Crippen molar-refractivity contribution in [3.05, 3.63) is 66.0 Å². The molecule has 26 heavy (non-hydrogen) atoms. The maximum absolute atomic E-state index is 12.8. The third kappa shape index (κ3) is 3.42. The van der Waals surface area contributed by atoms with Crippen LogP contribution in [0.2, 0.25) is 0 Å². The largest absolute Gasteiger partial charge is 0.497 e. The van der Waals surface area contributed by atoms with Crippen LogP contribution in [-0.4, -0.2) is 33.2 Å². The van der Waals surface area contributed by atoms with Gasteiger partial charge < -0.3 is 10.1 Å². The van der Waals surface area contributed by atoms with Crippen LogP contribution in [0, 0.1) is 5.92 Å². The van der Waals surface area contributed by atoms with Crippen molar-refractivity contribution in [2.24, 2.45) is 5.92 Å². The molecule has 2 aromatic carbocycles. The second-order valence-corrected chi connectivity index (χ2v) is 6.37. The van der Waals surface area contributed by atoms with Crippen LogP contribution in [0.3, 0.4) is 0 Å². The lowest BCUT2D eigenvalue weighted by molar-refractivity contribution is 0.0931. The van der Waals surface area contributed by atoms with Gasteiger partial charge in [-0.1, -0.05) is 18.2 Å². The highest BCUT2D eigenvalue weighted by molar-refractivity contribution is 5.95. The van der Waals surface area contributed by atoms with Gasteiger partial charge in [0.2, 0.25) is 0 Å². The minimum atomic E-state index is -0.104. The fourth-order valence-corrected chi connectivity index (χ4v) is 3.01. The first-order chi connectivity index (χ1) is 12.7. The third-order valence-corrected chi connectivity index (χ3v) is 4.58. The van der Waals surface area contributed by atoms with Gasteiger partial charge in [-0.3, -0.25) is 4.79 Å². The van der Waals surface area contributed by atoms with Gasteiger partial charge in [0.1, 0.15) is 12.1 Å². The van der Waals surface area contributed by atoms with Gasteiger partial charge in [0.25, 0.3) is 5.91 Å². The smallest absolute Gasteiger partial charge is 0.251 e. The Balaban J connectivity index is 1.54. The summed E-state index contributed by atoms with van der Waals surface area (Å²) in [6.07, 6.45) is 3.75. The number of carbonyl (C=O) groups is 1. The molecule has 1 unspecified atom stereocenters. The average molecular weight is 349 g/mol. The Bertz CT molecular complexity index is 889. The molecule has 1 aromatic heterocycles. The number of methoxy groups -OCH3 is 1. The van der Waals surface area contributed by atoms with Crippen LogP contribution < -0.4 is 10.1 Å². The molecule has 1 heterocycles. The molecule has 1 atom stereocenters. The quantitative estimate of drug-likeness (QED) is 0.739. The van der Waals surface area contributed by atoms with E-state index in [1.807, 2.05) is 36.4 Å². The molecule has 0 spiro atoms. The highest BCUT2D eigenvalue weighted by atomic mass is 16.5. The lowest BCUT2D eigenvalue weighted by Gasteiger charge is -2.19. The molecule has 0 radical (unpaired) electrons. The number of hydrogen-bond donors (Lipinski definition) is 1. The van der Waals surface area contributed by atoms with Gasteiger partial charge in [-0.2, -0.15) is 0 Å². The van der Waals surface area contributed by atoms with Gasteiger partial charge in [-0.25, -0.2) is 4.68 Å². The van der Waals surface area contributed by atoms with Crippen molar-refractivity contribution in [1.82, 2.24) is 25.5 Å². The predicted molar refractivity (Wildman–Crippen MR) is 95.1 cm³/mol. The highest BCUT2D eigenvalue weighted by Crippen LogP contribution is 2.41. The Labute approximate surface area is 151 Å². The fourth-order valence-electron chi connectivity index (χ4n) is 3.01. The molecular weight excluding hydrogens is 330 g/mol. The Kier molecular flexibility index (Phi) is 4.35. The number of rotatable bonds is 6. The third-order valence-electron chi connectivity index (χ3n) is 4.58. The van der Waals surface area contributed by atoms with Gasteiger partial charge in [-0.05, 0) is 65.1 Å². The fraction of sp³-hybridized carbons (Fsp3) is 0.263. The standard InChI is InChI=1S/C19H19N5O2/c1-26-17-9-7-14(8-10-17)18(13-5-6-13)21-19(25)15-3-2-4-16(11-15)24-12-20-22-23-24/h2-4,7-13,18H,5-6H2,1H3,(H,21,25). The molecule has 1 N–H and O–H groups in total. The molecule has 1 aliphatic carbocycles. The highest BCUT2D eigenvalue weighted by Gasteiger charge is 2.33. The van der Waals surface area contributed by atoms with Crippen molar-refractivity contribution in [2.45, 2.75) is 18.9 Å². The van der Waals surface area contributed by atoms with Crippen molar-refractivity contribution in [3.63, 3.8) is 0 Å². The zero-order valence-electron chi connectivity index (χ0n) is 14.4.